The summed E-state index contributed by atoms with van der Waals surface area (Å²) in [5.41, 5.74) is 7.77. The van der Waals surface area contributed by atoms with E-state index in [-0.39, 0.29) is 35.6 Å². The van der Waals surface area contributed by atoms with Crippen LogP contribution >= 0.6 is 12.4 Å². The monoisotopic (exact) mass is 393 g/mol. The summed E-state index contributed by atoms with van der Waals surface area (Å²) in [5, 5.41) is 6.01. The molecule has 0 aliphatic heterocycles. The van der Waals surface area contributed by atoms with Crippen LogP contribution in [-0.2, 0) is 16.1 Å². The molecule has 0 bridgehead atoms. The van der Waals surface area contributed by atoms with Crippen molar-refractivity contribution in [3.63, 3.8) is 0 Å². The minimum absolute atomic E-state index is 0. The van der Waals surface area contributed by atoms with Gasteiger partial charge in [-0.25, -0.2) is 0 Å². The van der Waals surface area contributed by atoms with Gasteiger partial charge in [-0.05, 0) is 55.3 Å². The molecule has 1 aromatic rings. The van der Waals surface area contributed by atoms with Crippen molar-refractivity contribution in [3.8, 4) is 0 Å². The minimum atomic E-state index is -0.0130. The van der Waals surface area contributed by atoms with Crippen molar-refractivity contribution in [2.45, 2.75) is 64.3 Å². The highest BCUT2D eigenvalue weighted by atomic mass is 35.5. The van der Waals surface area contributed by atoms with Gasteiger partial charge in [0.25, 0.3) is 0 Å². The average Bonchev–Trinajstić information content (AvgIpc) is 2.59. The quantitative estimate of drug-likeness (QED) is 0.659. The maximum atomic E-state index is 12.4. The van der Waals surface area contributed by atoms with Crippen LogP contribution in [0.4, 0.5) is 5.69 Å². The molecule has 150 valence electrons. The highest BCUT2D eigenvalue weighted by Gasteiger charge is 2.32. The van der Waals surface area contributed by atoms with Gasteiger partial charge in [0, 0.05) is 24.6 Å². The number of rotatable bonds is 7. The molecular formula is C21H32ClN3O2. The summed E-state index contributed by atoms with van der Waals surface area (Å²) in [6.07, 6.45) is 9.35. The van der Waals surface area contributed by atoms with E-state index in [4.69, 9.17) is 5.73 Å². The van der Waals surface area contributed by atoms with E-state index in [1.807, 2.05) is 24.3 Å². The van der Waals surface area contributed by atoms with Gasteiger partial charge < -0.3 is 16.4 Å². The highest BCUT2D eigenvalue weighted by molar-refractivity contribution is 5.93. The molecule has 0 spiro atoms. The first-order valence-corrected chi connectivity index (χ1v) is 9.97. The van der Waals surface area contributed by atoms with E-state index >= 15 is 0 Å². The minimum Gasteiger partial charge on any atom is -0.352 e. The van der Waals surface area contributed by atoms with Crippen LogP contribution in [0.3, 0.4) is 0 Å². The number of nitrogens with two attached hydrogens (primary N) is 1. The first-order chi connectivity index (χ1) is 12.6. The lowest BCUT2D eigenvalue weighted by Gasteiger charge is -2.35. The van der Waals surface area contributed by atoms with E-state index < -0.39 is 0 Å². The second-order valence-electron chi connectivity index (χ2n) is 8.04. The predicted molar refractivity (Wildman–Crippen MR) is 111 cm³/mol. The molecule has 4 N–H and O–H groups in total. The van der Waals surface area contributed by atoms with Crippen molar-refractivity contribution in [2.24, 2.45) is 17.1 Å². The lowest BCUT2D eigenvalue weighted by molar-refractivity contribution is -0.124. The number of amides is 2. The summed E-state index contributed by atoms with van der Waals surface area (Å²) in [4.78, 5) is 24.5. The van der Waals surface area contributed by atoms with E-state index in [1.54, 1.807) is 0 Å². The van der Waals surface area contributed by atoms with Gasteiger partial charge in [-0.15, -0.1) is 12.4 Å². The summed E-state index contributed by atoms with van der Waals surface area (Å²) in [6, 6.07) is 7.72. The van der Waals surface area contributed by atoms with Gasteiger partial charge in [0.15, 0.2) is 0 Å². The summed E-state index contributed by atoms with van der Waals surface area (Å²) in [6.45, 7) is 1.07. The van der Waals surface area contributed by atoms with Crippen LogP contribution < -0.4 is 16.4 Å². The molecule has 0 unspecified atom stereocenters. The number of anilines is 1. The zero-order chi connectivity index (χ0) is 18.4. The van der Waals surface area contributed by atoms with Crippen LogP contribution in [0.5, 0.6) is 0 Å². The Kier molecular flexibility index (Phi) is 8.11. The van der Waals surface area contributed by atoms with Crippen molar-refractivity contribution in [2.75, 3.05) is 11.9 Å². The van der Waals surface area contributed by atoms with Gasteiger partial charge in [0.1, 0.15) is 0 Å². The molecule has 0 aromatic heterocycles. The van der Waals surface area contributed by atoms with Crippen LogP contribution in [0.1, 0.15) is 63.4 Å². The first-order valence-electron chi connectivity index (χ1n) is 9.97. The van der Waals surface area contributed by atoms with E-state index in [0.717, 1.165) is 43.4 Å². The molecule has 2 amide bonds. The fraction of sp³-hybridized carbons (Fsp3) is 0.619. The number of nitrogens with one attached hydrogen (secondary N) is 2. The third-order valence-corrected chi connectivity index (χ3v) is 6.04. The molecule has 2 fully saturated rings. The molecule has 0 saturated heterocycles. The van der Waals surface area contributed by atoms with Crippen molar-refractivity contribution < 1.29 is 9.59 Å². The number of carbonyl (C=O) groups excluding carboxylic acids is 2. The van der Waals surface area contributed by atoms with Crippen LogP contribution in [0.25, 0.3) is 0 Å². The Labute approximate surface area is 168 Å². The van der Waals surface area contributed by atoms with Crippen molar-refractivity contribution in [1.29, 1.82) is 0 Å². The molecule has 27 heavy (non-hydrogen) atoms. The van der Waals surface area contributed by atoms with Crippen LogP contribution in [0.15, 0.2) is 24.3 Å². The Morgan fingerprint density at radius 2 is 1.85 bits per heavy atom. The number of hydrogen-bond acceptors (Lipinski definition) is 3. The molecule has 2 aliphatic rings. The van der Waals surface area contributed by atoms with Crippen molar-refractivity contribution in [1.82, 2.24) is 5.32 Å². The lowest BCUT2D eigenvalue weighted by atomic mass is 9.71. The molecular weight excluding hydrogens is 362 g/mol. The number of benzene rings is 1. The predicted octanol–water partition coefficient (Wildman–Crippen LogP) is 3.76. The maximum Gasteiger partial charge on any atom is 0.227 e. The SMILES string of the molecule is Cl.NCC1(CC(=O)NCc2cccc(NC(=O)C3CCC3)c2)CCCCC1. The van der Waals surface area contributed by atoms with E-state index in [1.165, 1.54) is 19.3 Å². The second kappa shape index (κ2) is 10.1. The van der Waals surface area contributed by atoms with Gasteiger partial charge in [-0.3, -0.25) is 9.59 Å². The molecule has 0 heterocycles. The number of halogens is 1. The van der Waals surface area contributed by atoms with Crippen LogP contribution in [0.2, 0.25) is 0 Å². The zero-order valence-corrected chi connectivity index (χ0v) is 16.8. The molecule has 3 rings (SSSR count). The van der Waals surface area contributed by atoms with Crippen LogP contribution in [-0.4, -0.2) is 18.4 Å². The fourth-order valence-corrected chi connectivity index (χ4v) is 4.03. The molecule has 1 aromatic carbocycles. The first kappa shape index (κ1) is 21.7. The zero-order valence-electron chi connectivity index (χ0n) is 16.0. The van der Waals surface area contributed by atoms with Gasteiger partial charge in [0.2, 0.25) is 11.8 Å². The van der Waals surface area contributed by atoms with Crippen LogP contribution in [0, 0.1) is 11.3 Å². The fourth-order valence-electron chi connectivity index (χ4n) is 4.03. The summed E-state index contributed by atoms with van der Waals surface area (Å²) in [5.74, 6) is 0.349. The molecule has 2 saturated carbocycles. The third kappa shape index (κ3) is 5.94. The van der Waals surface area contributed by atoms with E-state index in [0.29, 0.717) is 19.5 Å². The smallest absolute Gasteiger partial charge is 0.227 e. The summed E-state index contributed by atoms with van der Waals surface area (Å²) >= 11 is 0. The Balaban J connectivity index is 0.00000261. The van der Waals surface area contributed by atoms with E-state index in [9.17, 15) is 9.59 Å². The Morgan fingerprint density at radius 3 is 2.48 bits per heavy atom. The van der Waals surface area contributed by atoms with E-state index in [2.05, 4.69) is 10.6 Å². The number of carbonyl (C=O) groups is 2. The molecule has 2 aliphatic carbocycles. The molecule has 0 radical (unpaired) electrons. The van der Waals surface area contributed by atoms with Gasteiger partial charge >= 0.3 is 0 Å². The largest absolute Gasteiger partial charge is 0.352 e. The maximum absolute atomic E-state index is 12.4. The molecule has 5 nitrogen and oxygen atoms in total. The van der Waals surface area contributed by atoms with Gasteiger partial charge in [0.05, 0.1) is 0 Å². The topological polar surface area (TPSA) is 84.2 Å². The Bertz CT molecular complexity index is 640. The van der Waals surface area contributed by atoms with Gasteiger partial charge in [-0.2, -0.15) is 0 Å². The Hall–Kier alpha value is -1.59. The molecule has 0 atom stereocenters. The third-order valence-electron chi connectivity index (χ3n) is 6.04. The van der Waals surface area contributed by atoms with Gasteiger partial charge in [-0.1, -0.05) is 37.8 Å². The summed E-state index contributed by atoms with van der Waals surface area (Å²) in [7, 11) is 0. The normalized spacial score (nSPS) is 18.7. The lowest BCUT2D eigenvalue weighted by Crippen LogP contribution is -2.38. The number of hydrogen-bond donors (Lipinski definition) is 3. The van der Waals surface area contributed by atoms with Crippen molar-refractivity contribution >= 4 is 29.9 Å². The van der Waals surface area contributed by atoms with Crippen molar-refractivity contribution in [3.05, 3.63) is 29.8 Å². The highest BCUT2D eigenvalue weighted by Crippen LogP contribution is 2.38. The average molecular weight is 394 g/mol. The standard InChI is InChI=1S/C21H31N3O2.ClH/c22-15-21(10-2-1-3-11-21)13-19(25)23-14-16-6-4-9-18(12-16)24-20(26)17-7-5-8-17;/h4,6,9,12,17H,1-3,5,7-8,10-11,13-15,22H2,(H,23,25)(H,24,26);1H. The Morgan fingerprint density at radius 1 is 1.11 bits per heavy atom. The summed E-state index contributed by atoms with van der Waals surface area (Å²) < 4.78 is 0. The second-order valence-corrected chi connectivity index (χ2v) is 8.04. The molecule has 6 heteroatoms.